The van der Waals surface area contributed by atoms with Crippen LogP contribution in [0.2, 0.25) is 0 Å². The summed E-state index contributed by atoms with van der Waals surface area (Å²) < 4.78 is 0. The molecule has 0 aromatic heterocycles. The fraction of sp³-hybridized carbons (Fsp3) is 1.00. The first-order valence-electron chi connectivity index (χ1n) is 9.80. The van der Waals surface area contributed by atoms with Crippen LogP contribution < -0.4 is 5.32 Å². The van der Waals surface area contributed by atoms with Crippen molar-refractivity contribution >= 4 is 0 Å². The van der Waals surface area contributed by atoms with Gasteiger partial charge in [0, 0.05) is 0 Å². The summed E-state index contributed by atoms with van der Waals surface area (Å²) in [6, 6.07) is 0. The first kappa shape index (κ1) is 17.3. The Bertz CT molecular complexity index is 278. The minimum atomic E-state index is 0.783. The van der Waals surface area contributed by atoms with E-state index in [1.54, 1.807) is 0 Å². The highest BCUT2D eigenvalue weighted by Crippen LogP contribution is 2.44. The van der Waals surface area contributed by atoms with Gasteiger partial charge in [-0.05, 0) is 74.3 Å². The average molecular weight is 294 g/mol. The second kappa shape index (κ2) is 8.56. The summed E-state index contributed by atoms with van der Waals surface area (Å²) in [6.45, 7) is 12.0. The van der Waals surface area contributed by atoms with Crippen molar-refractivity contribution in [3.05, 3.63) is 0 Å². The van der Waals surface area contributed by atoms with Crippen LogP contribution in [0.1, 0.15) is 79.1 Å². The van der Waals surface area contributed by atoms with Gasteiger partial charge in [-0.25, -0.2) is 0 Å². The summed E-state index contributed by atoms with van der Waals surface area (Å²) in [5, 5.41) is 3.76. The molecule has 2 fully saturated rings. The van der Waals surface area contributed by atoms with Gasteiger partial charge in [0.25, 0.3) is 0 Å². The molecule has 0 heterocycles. The maximum atomic E-state index is 3.76. The molecule has 1 heteroatoms. The normalized spacial score (nSPS) is 37.9. The molecule has 0 aromatic carbocycles. The molecule has 0 bridgehead atoms. The number of rotatable bonds is 6. The lowest BCUT2D eigenvalue weighted by atomic mass is 9.64. The van der Waals surface area contributed by atoms with Gasteiger partial charge in [0.2, 0.25) is 0 Å². The SMILES string of the molecule is CCC1CCC(C2CC(C)CCC2CNCC(C)C)CC1. The highest BCUT2D eigenvalue weighted by atomic mass is 14.9. The smallest absolute Gasteiger partial charge is 0.00176 e. The van der Waals surface area contributed by atoms with Crippen LogP contribution in [-0.2, 0) is 0 Å². The second-order valence-electron chi connectivity index (χ2n) is 8.58. The Morgan fingerprint density at radius 1 is 1.00 bits per heavy atom. The lowest BCUT2D eigenvalue weighted by Crippen LogP contribution is -2.38. The van der Waals surface area contributed by atoms with Crippen molar-refractivity contribution in [2.45, 2.75) is 79.1 Å². The van der Waals surface area contributed by atoms with E-state index in [0.717, 1.165) is 35.5 Å². The molecule has 21 heavy (non-hydrogen) atoms. The van der Waals surface area contributed by atoms with E-state index in [9.17, 15) is 0 Å². The maximum absolute atomic E-state index is 3.76. The minimum absolute atomic E-state index is 0.783. The Balaban J connectivity index is 1.86. The van der Waals surface area contributed by atoms with Crippen molar-refractivity contribution in [3.8, 4) is 0 Å². The van der Waals surface area contributed by atoms with E-state index in [0.29, 0.717) is 0 Å². The number of hydrogen-bond acceptors (Lipinski definition) is 1. The molecule has 0 saturated heterocycles. The third kappa shape index (κ3) is 5.27. The fourth-order valence-electron chi connectivity index (χ4n) is 4.90. The molecule has 3 atom stereocenters. The van der Waals surface area contributed by atoms with Crippen LogP contribution in [0, 0.1) is 35.5 Å². The highest BCUT2D eigenvalue weighted by molar-refractivity contribution is 4.87. The van der Waals surface area contributed by atoms with Crippen LogP contribution in [0.15, 0.2) is 0 Å². The third-order valence-corrected chi connectivity index (χ3v) is 6.34. The number of hydrogen-bond donors (Lipinski definition) is 1. The van der Waals surface area contributed by atoms with Gasteiger partial charge in [0.1, 0.15) is 0 Å². The van der Waals surface area contributed by atoms with Crippen LogP contribution in [0.3, 0.4) is 0 Å². The molecule has 0 aromatic rings. The van der Waals surface area contributed by atoms with E-state index in [1.807, 2.05) is 0 Å². The first-order valence-corrected chi connectivity index (χ1v) is 9.80. The van der Waals surface area contributed by atoms with Crippen molar-refractivity contribution < 1.29 is 0 Å². The maximum Gasteiger partial charge on any atom is -0.00176 e. The quantitative estimate of drug-likeness (QED) is 0.681. The van der Waals surface area contributed by atoms with Crippen molar-refractivity contribution in [2.24, 2.45) is 35.5 Å². The molecule has 0 radical (unpaired) electrons. The van der Waals surface area contributed by atoms with Gasteiger partial charge in [0.15, 0.2) is 0 Å². The monoisotopic (exact) mass is 293 g/mol. The largest absolute Gasteiger partial charge is 0.316 e. The molecule has 3 unspecified atom stereocenters. The molecular weight excluding hydrogens is 254 g/mol. The molecule has 2 aliphatic rings. The molecule has 1 N–H and O–H groups in total. The van der Waals surface area contributed by atoms with Gasteiger partial charge in [-0.2, -0.15) is 0 Å². The van der Waals surface area contributed by atoms with E-state index in [4.69, 9.17) is 0 Å². The summed E-state index contributed by atoms with van der Waals surface area (Å²) in [4.78, 5) is 0. The van der Waals surface area contributed by atoms with Gasteiger partial charge in [-0.15, -0.1) is 0 Å². The summed E-state index contributed by atoms with van der Waals surface area (Å²) in [5.74, 6) is 5.82. The average Bonchev–Trinajstić information content (AvgIpc) is 2.48. The molecule has 0 amide bonds. The molecule has 1 nitrogen and oxygen atoms in total. The predicted molar refractivity (Wildman–Crippen MR) is 93.4 cm³/mol. The summed E-state index contributed by atoms with van der Waals surface area (Å²) in [7, 11) is 0. The predicted octanol–water partition coefficient (Wildman–Crippen LogP) is 5.50. The zero-order valence-corrected chi connectivity index (χ0v) is 15.0. The summed E-state index contributed by atoms with van der Waals surface area (Å²) in [6.07, 6.45) is 11.9. The van der Waals surface area contributed by atoms with Crippen molar-refractivity contribution in [1.82, 2.24) is 5.32 Å². The van der Waals surface area contributed by atoms with Crippen LogP contribution in [0.5, 0.6) is 0 Å². The zero-order valence-electron chi connectivity index (χ0n) is 15.0. The minimum Gasteiger partial charge on any atom is -0.316 e. The molecular formula is C20H39N. The Kier molecular flexibility index (Phi) is 7.05. The second-order valence-corrected chi connectivity index (χ2v) is 8.58. The molecule has 2 aliphatic carbocycles. The molecule has 2 rings (SSSR count). The van der Waals surface area contributed by atoms with Crippen molar-refractivity contribution in [1.29, 1.82) is 0 Å². The van der Waals surface area contributed by atoms with Gasteiger partial charge >= 0.3 is 0 Å². The molecule has 0 aliphatic heterocycles. The third-order valence-electron chi connectivity index (χ3n) is 6.34. The van der Waals surface area contributed by atoms with Crippen LogP contribution in [-0.4, -0.2) is 13.1 Å². The molecule has 0 spiro atoms. The first-order chi connectivity index (χ1) is 10.1. The van der Waals surface area contributed by atoms with Gasteiger partial charge in [-0.1, -0.05) is 53.4 Å². The zero-order chi connectivity index (χ0) is 15.2. The van der Waals surface area contributed by atoms with E-state index in [2.05, 4.69) is 33.0 Å². The fourth-order valence-corrected chi connectivity index (χ4v) is 4.90. The van der Waals surface area contributed by atoms with E-state index < -0.39 is 0 Å². The lowest BCUT2D eigenvalue weighted by molar-refractivity contribution is 0.0876. The number of nitrogens with one attached hydrogen (secondary N) is 1. The van der Waals surface area contributed by atoms with Gasteiger partial charge in [-0.3, -0.25) is 0 Å². The Labute approximate surface area is 133 Å². The van der Waals surface area contributed by atoms with Gasteiger partial charge < -0.3 is 5.32 Å². The van der Waals surface area contributed by atoms with Crippen LogP contribution in [0.4, 0.5) is 0 Å². The summed E-state index contributed by atoms with van der Waals surface area (Å²) >= 11 is 0. The van der Waals surface area contributed by atoms with Crippen molar-refractivity contribution in [3.63, 3.8) is 0 Å². The van der Waals surface area contributed by atoms with E-state index >= 15 is 0 Å². The molecule has 2 saturated carbocycles. The lowest BCUT2D eigenvalue weighted by Gasteiger charge is -2.42. The standard InChI is InChI=1S/C20H39N/c1-5-17-7-10-18(11-8-17)20-12-16(4)6-9-19(20)14-21-13-15(2)3/h15-21H,5-14H2,1-4H3. The Morgan fingerprint density at radius 2 is 1.71 bits per heavy atom. The van der Waals surface area contributed by atoms with E-state index in [1.165, 1.54) is 64.5 Å². The summed E-state index contributed by atoms with van der Waals surface area (Å²) in [5.41, 5.74) is 0. The van der Waals surface area contributed by atoms with Gasteiger partial charge in [0.05, 0.1) is 0 Å². The Morgan fingerprint density at radius 3 is 2.33 bits per heavy atom. The Hall–Kier alpha value is -0.0400. The van der Waals surface area contributed by atoms with E-state index in [-0.39, 0.29) is 0 Å². The topological polar surface area (TPSA) is 12.0 Å². The van der Waals surface area contributed by atoms with Crippen LogP contribution in [0.25, 0.3) is 0 Å². The highest BCUT2D eigenvalue weighted by Gasteiger charge is 2.35. The molecule has 124 valence electrons. The van der Waals surface area contributed by atoms with Crippen molar-refractivity contribution in [2.75, 3.05) is 13.1 Å². The van der Waals surface area contributed by atoms with Crippen LogP contribution >= 0.6 is 0 Å².